The second-order valence-electron chi connectivity index (χ2n) is 4.67. The molecule has 0 saturated heterocycles. The van der Waals surface area contributed by atoms with E-state index in [9.17, 15) is 0 Å². The third-order valence-corrected chi connectivity index (χ3v) is 5.49. The first kappa shape index (κ1) is 19.3. The van der Waals surface area contributed by atoms with E-state index in [2.05, 4.69) is 0 Å². The number of hydrogen-bond acceptors (Lipinski definition) is 5. The Morgan fingerprint density at radius 3 is 1.82 bits per heavy atom. The van der Waals surface area contributed by atoms with E-state index in [1.165, 1.54) is 0 Å². The van der Waals surface area contributed by atoms with Crippen LogP contribution in [0.5, 0.6) is 0 Å². The summed E-state index contributed by atoms with van der Waals surface area (Å²) in [6, 6.07) is 10.00. The summed E-state index contributed by atoms with van der Waals surface area (Å²) in [5.74, 6) is 0. The molecule has 0 aromatic heterocycles. The van der Waals surface area contributed by atoms with Crippen LogP contribution in [0, 0.1) is 0 Å². The van der Waals surface area contributed by atoms with Gasteiger partial charge in [0.15, 0.2) is 6.29 Å². The van der Waals surface area contributed by atoms with Crippen molar-refractivity contribution in [1.82, 2.24) is 0 Å². The molecule has 126 valence electrons. The smallest absolute Gasteiger partial charge is 0.351 e. The average molecular weight is 328 g/mol. The van der Waals surface area contributed by atoms with E-state index in [1.54, 1.807) is 0 Å². The predicted molar refractivity (Wildman–Crippen MR) is 87.1 cm³/mol. The van der Waals surface area contributed by atoms with Gasteiger partial charge >= 0.3 is 9.05 Å². The van der Waals surface area contributed by atoms with E-state index in [0.29, 0.717) is 19.8 Å². The molecule has 1 rings (SSSR count). The predicted octanol–water partition coefficient (Wildman–Crippen LogP) is 3.67. The lowest BCUT2D eigenvalue weighted by molar-refractivity contribution is -0.160. The van der Waals surface area contributed by atoms with Gasteiger partial charge in [-0.1, -0.05) is 30.3 Å². The van der Waals surface area contributed by atoms with Crippen LogP contribution < -0.4 is 0 Å². The molecule has 0 aliphatic rings. The van der Waals surface area contributed by atoms with Crippen molar-refractivity contribution >= 4 is 9.05 Å². The van der Waals surface area contributed by atoms with Crippen molar-refractivity contribution in [2.75, 3.05) is 19.8 Å². The Bertz CT molecular complexity index is 384. The molecule has 0 spiro atoms. The summed E-state index contributed by atoms with van der Waals surface area (Å²) in [7, 11) is -3.15. The van der Waals surface area contributed by atoms with Crippen molar-refractivity contribution in [2.24, 2.45) is 0 Å². The first-order valence-electron chi connectivity index (χ1n) is 7.87. The average Bonchev–Trinajstić information content (AvgIpc) is 2.48. The van der Waals surface area contributed by atoms with Gasteiger partial charge < -0.3 is 22.4 Å². The van der Waals surface area contributed by atoms with Crippen LogP contribution in [-0.2, 0) is 22.4 Å². The minimum Gasteiger partial charge on any atom is -0.351 e. The van der Waals surface area contributed by atoms with Crippen LogP contribution in [0.2, 0.25) is 0 Å². The third-order valence-electron chi connectivity index (χ3n) is 2.94. The molecule has 1 aromatic rings. The van der Waals surface area contributed by atoms with Crippen LogP contribution in [0.15, 0.2) is 30.3 Å². The normalized spacial score (nSPS) is 14.8. The SMILES string of the molecule is CCO[Si](OCC)(OCC)OC(C)OC(C)c1ccccc1. The molecular weight excluding hydrogens is 300 g/mol. The Hall–Kier alpha value is -0.763. The first-order valence-corrected chi connectivity index (χ1v) is 9.50. The van der Waals surface area contributed by atoms with Crippen LogP contribution in [0.3, 0.4) is 0 Å². The zero-order valence-corrected chi connectivity index (χ0v) is 15.2. The van der Waals surface area contributed by atoms with E-state index in [4.69, 9.17) is 22.4 Å². The largest absolute Gasteiger partial charge is 0.681 e. The van der Waals surface area contributed by atoms with E-state index >= 15 is 0 Å². The van der Waals surface area contributed by atoms with Gasteiger partial charge in [-0.3, -0.25) is 0 Å². The van der Waals surface area contributed by atoms with Gasteiger partial charge in [0.2, 0.25) is 0 Å². The van der Waals surface area contributed by atoms with Gasteiger partial charge in [-0.25, -0.2) is 0 Å². The van der Waals surface area contributed by atoms with Crippen LogP contribution >= 0.6 is 0 Å². The Balaban J connectivity index is 2.67. The molecule has 0 aliphatic carbocycles. The highest BCUT2D eigenvalue weighted by atomic mass is 28.4. The lowest BCUT2D eigenvalue weighted by Gasteiger charge is -2.30. The van der Waals surface area contributed by atoms with Gasteiger partial charge in [0.05, 0.1) is 6.10 Å². The molecule has 22 heavy (non-hydrogen) atoms. The highest BCUT2D eigenvalue weighted by Gasteiger charge is 2.46. The maximum absolute atomic E-state index is 5.90. The highest BCUT2D eigenvalue weighted by Crippen LogP contribution is 2.21. The molecule has 2 unspecified atom stereocenters. The third kappa shape index (κ3) is 6.16. The van der Waals surface area contributed by atoms with Crippen LogP contribution in [-0.4, -0.2) is 35.2 Å². The molecule has 2 atom stereocenters. The lowest BCUT2D eigenvalue weighted by Crippen LogP contribution is -2.51. The molecule has 0 heterocycles. The minimum absolute atomic E-state index is 0.0900. The molecule has 0 N–H and O–H groups in total. The number of ether oxygens (including phenoxy) is 1. The topological polar surface area (TPSA) is 46.2 Å². The molecule has 0 amide bonds. The van der Waals surface area contributed by atoms with Crippen molar-refractivity contribution in [3.8, 4) is 0 Å². The van der Waals surface area contributed by atoms with Gasteiger partial charge in [-0.2, -0.15) is 0 Å². The van der Waals surface area contributed by atoms with Gasteiger partial charge in [-0.05, 0) is 40.2 Å². The molecule has 0 fully saturated rings. The second-order valence-corrected chi connectivity index (χ2v) is 6.78. The molecular formula is C16H28O5Si. The number of rotatable bonds is 11. The molecule has 1 aromatic carbocycles. The fourth-order valence-electron chi connectivity index (χ4n) is 2.08. The summed E-state index contributed by atoms with van der Waals surface area (Å²) in [5.41, 5.74) is 1.09. The first-order chi connectivity index (χ1) is 10.6. The summed E-state index contributed by atoms with van der Waals surface area (Å²) < 4.78 is 28.8. The van der Waals surface area contributed by atoms with Gasteiger partial charge in [0, 0.05) is 19.8 Å². The van der Waals surface area contributed by atoms with Gasteiger partial charge in [-0.15, -0.1) is 0 Å². The van der Waals surface area contributed by atoms with E-state index in [-0.39, 0.29) is 6.10 Å². The summed E-state index contributed by atoms with van der Waals surface area (Å²) >= 11 is 0. The number of hydrogen-bond donors (Lipinski definition) is 0. The Labute approximate surface area is 135 Å². The van der Waals surface area contributed by atoms with Crippen LogP contribution in [0.4, 0.5) is 0 Å². The van der Waals surface area contributed by atoms with Crippen molar-refractivity contribution in [2.45, 2.75) is 47.0 Å². The fraction of sp³-hybridized carbons (Fsp3) is 0.625. The second kappa shape index (κ2) is 10.1. The van der Waals surface area contributed by atoms with Crippen LogP contribution in [0.1, 0.15) is 46.3 Å². The molecule has 6 heteroatoms. The molecule has 0 bridgehead atoms. The molecule has 0 radical (unpaired) electrons. The van der Waals surface area contributed by atoms with E-state index < -0.39 is 15.3 Å². The van der Waals surface area contributed by atoms with Gasteiger partial charge in [0.1, 0.15) is 0 Å². The zero-order valence-electron chi connectivity index (χ0n) is 14.2. The maximum Gasteiger partial charge on any atom is 0.681 e. The van der Waals surface area contributed by atoms with E-state index in [0.717, 1.165) is 5.56 Å². The molecule has 0 saturated carbocycles. The van der Waals surface area contributed by atoms with Crippen molar-refractivity contribution in [1.29, 1.82) is 0 Å². The quantitative estimate of drug-likeness (QED) is 0.458. The molecule has 5 nitrogen and oxygen atoms in total. The zero-order chi connectivity index (χ0) is 16.4. The van der Waals surface area contributed by atoms with Gasteiger partial charge in [0.25, 0.3) is 0 Å². The van der Waals surface area contributed by atoms with Crippen molar-refractivity contribution in [3.05, 3.63) is 35.9 Å². The number of benzene rings is 1. The highest BCUT2D eigenvalue weighted by molar-refractivity contribution is 6.53. The Morgan fingerprint density at radius 1 is 0.864 bits per heavy atom. The maximum atomic E-state index is 5.90. The summed E-state index contributed by atoms with van der Waals surface area (Å²) in [6.07, 6.45) is -0.584. The summed E-state index contributed by atoms with van der Waals surface area (Å²) in [4.78, 5) is 0. The van der Waals surface area contributed by atoms with E-state index in [1.807, 2.05) is 65.0 Å². The van der Waals surface area contributed by atoms with Crippen molar-refractivity contribution < 1.29 is 22.4 Å². The van der Waals surface area contributed by atoms with Crippen LogP contribution in [0.25, 0.3) is 0 Å². The standard InChI is InChI=1S/C16H28O5Si/c1-6-17-22(18-7-2,19-8-3)21-15(5)20-14(4)16-12-10-9-11-13-16/h9-15H,6-8H2,1-5H3. The Morgan fingerprint density at radius 2 is 1.36 bits per heavy atom. The lowest BCUT2D eigenvalue weighted by atomic mass is 10.1. The van der Waals surface area contributed by atoms with Crippen molar-refractivity contribution in [3.63, 3.8) is 0 Å². The Kier molecular flexibility index (Phi) is 8.85. The summed E-state index contributed by atoms with van der Waals surface area (Å²) in [5, 5.41) is 0. The monoisotopic (exact) mass is 328 g/mol. The summed E-state index contributed by atoms with van der Waals surface area (Å²) in [6.45, 7) is 10.9. The molecule has 0 aliphatic heterocycles. The fourth-order valence-corrected chi connectivity index (χ4v) is 4.06. The minimum atomic E-state index is -3.15.